The number of hydrazone groups is 1. The van der Waals surface area contributed by atoms with Gasteiger partial charge in [0.05, 0.1) is 21.8 Å². The molecule has 1 saturated heterocycles. The van der Waals surface area contributed by atoms with Crippen molar-refractivity contribution < 1.29 is 4.79 Å². The van der Waals surface area contributed by atoms with Crippen molar-refractivity contribution in [2.75, 3.05) is 13.1 Å². The second kappa shape index (κ2) is 9.61. The number of fused-ring (bicyclic) bond motifs is 1. The number of aromatic nitrogens is 1. The average Bonchev–Trinajstić information content (AvgIpc) is 3.50. The van der Waals surface area contributed by atoms with Crippen LogP contribution in [0.2, 0.25) is 0 Å². The molecule has 0 saturated carbocycles. The van der Waals surface area contributed by atoms with Crippen molar-refractivity contribution in [1.29, 1.82) is 0 Å². The summed E-state index contributed by atoms with van der Waals surface area (Å²) < 4.78 is 0. The SMILES string of the molecule is CC1=C(/C(=N\N)C2=Cc3scnc3CC2)C[C@@H](C(=O)N[C@H]2CNCC2c2ccccc2)CC1. The Balaban J connectivity index is 1.30. The molecule has 1 aromatic carbocycles. The highest BCUT2D eigenvalue weighted by atomic mass is 32.1. The number of allylic oxidation sites excluding steroid dienone is 3. The highest BCUT2D eigenvalue weighted by Gasteiger charge is 2.34. The minimum Gasteiger partial charge on any atom is -0.351 e. The molecule has 1 aromatic heterocycles. The second-order valence-electron chi connectivity index (χ2n) is 9.30. The number of nitrogens with zero attached hydrogens (tertiary/aromatic N) is 2. The fourth-order valence-electron chi connectivity index (χ4n) is 5.38. The Morgan fingerprint density at radius 3 is 2.88 bits per heavy atom. The Morgan fingerprint density at radius 2 is 2.06 bits per heavy atom. The van der Waals surface area contributed by atoms with Crippen LogP contribution in [-0.2, 0) is 11.2 Å². The van der Waals surface area contributed by atoms with Crippen LogP contribution in [-0.4, -0.2) is 35.7 Å². The molecular formula is C26H31N5OS. The third-order valence-corrected chi connectivity index (χ3v) is 8.12. The van der Waals surface area contributed by atoms with E-state index < -0.39 is 0 Å². The van der Waals surface area contributed by atoms with Gasteiger partial charge in [-0.1, -0.05) is 35.9 Å². The number of aryl methyl sites for hydroxylation is 1. The van der Waals surface area contributed by atoms with Crippen molar-refractivity contribution in [2.24, 2.45) is 16.9 Å². The zero-order chi connectivity index (χ0) is 22.8. The largest absolute Gasteiger partial charge is 0.351 e. The molecule has 0 bridgehead atoms. The van der Waals surface area contributed by atoms with Gasteiger partial charge in [0.25, 0.3) is 0 Å². The van der Waals surface area contributed by atoms with Gasteiger partial charge in [0.15, 0.2) is 0 Å². The Morgan fingerprint density at radius 1 is 1.21 bits per heavy atom. The van der Waals surface area contributed by atoms with E-state index in [0.717, 1.165) is 61.3 Å². The molecule has 3 atom stereocenters. The Kier molecular flexibility index (Phi) is 6.42. The maximum Gasteiger partial charge on any atom is 0.223 e. The molecule has 2 aliphatic carbocycles. The normalized spacial score (nSPS) is 25.5. The van der Waals surface area contributed by atoms with Crippen LogP contribution in [0.15, 0.2) is 57.7 Å². The molecular weight excluding hydrogens is 430 g/mol. The van der Waals surface area contributed by atoms with Crippen LogP contribution in [0.5, 0.6) is 0 Å². The van der Waals surface area contributed by atoms with Gasteiger partial charge >= 0.3 is 0 Å². The van der Waals surface area contributed by atoms with E-state index in [1.165, 1.54) is 16.0 Å². The van der Waals surface area contributed by atoms with E-state index >= 15 is 0 Å². The molecule has 33 heavy (non-hydrogen) atoms. The molecule has 172 valence electrons. The van der Waals surface area contributed by atoms with Gasteiger partial charge in [-0.2, -0.15) is 5.10 Å². The van der Waals surface area contributed by atoms with Gasteiger partial charge in [0.1, 0.15) is 0 Å². The zero-order valence-electron chi connectivity index (χ0n) is 19.0. The van der Waals surface area contributed by atoms with Gasteiger partial charge in [0.2, 0.25) is 5.91 Å². The minimum absolute atomic E-state index is 0.0550. The number of hydrogen-bond donors (Lipinski definition) is 3. The van der Waals surface area contributed by atoms with E-state index in [0.29, 0.717) is 12.3 Å². The molecule has 4 N–H and O–H groups in total. The van der Waals surface area contributed by atoms with Crippen molar-refractivity contribution in [2.45, 2.75) is 51.0 Å². The highest BCUT2D eigenvalue weighted by molar-refractivity contribution is 7.10. The van der Waals surface area contributed by atoms with E-state index in [9.17, 15) is 4.79 Å². The molecule has 0 radical (unpaired) electrons. The number of rotatable bonds is 5. The fourth-order valence-corrected chi connectivity index (χ4v) is 6.17. The molecule has 1 aliphatic heterocycles. The molecule has 0 spiro atoms. The predicted octanol–water partition coefficient (Wildman–Crippen LogP) is 3.78. The maximum atomic E-state index is 13.3. The topological polar surface area (TPSA) is 92.4 Å². The van der Waals surface area contributed by atoms with Crippen LogP contribution < -0.4 is 16.5 Å². The summed E-state index contributed by atoms with van der Waals surface area (Å²) in [4.78, 5) is 19.0. The molecule has 2 heterocycles. The van der Waals surface area contributed by atoms with Crippen LogP contribution in [0.25, 0.3) is 6.08 Å². The minimum atomic E-state index is -0.0550. The van der Waals surface area contributed by atoms with E-state index in [2.05, 4.69) is 58.0 Å². The number of nitrogens with one attached hydrogen (secondary N) is 2. The first-order chi connectivity index (χ1) is 16.1. The lowest BCUT2D eigenvalue weighted by atomic mass is 9.79. The summed E-state index contributed by atoms with van der Waals surface area (Å²) in [6.07, 6.45) is 6.43. The van der Waals surface area contributed by atoms with Crippen LogP contribution >= 0.6 is 11.3 Å². The van der Waals surface area contributed by atoms with E-state index in [-0.39, 0.29) is 17.9 Å². The number of thiazole rings is 1. The third-order valence-electron chi connectivity index (χ3n) is 7.30. The highest BCUT2D eigenvalue weighted by Crippen LogP contribution is 2.35. The number of carbonyl (C=O) groups excluding carboxylic acids is 1. The molecule has 2 aromatic rings. The van der Waals surface area contributed by atoms with Gasteiger partial charge in [-0.3, -0.25) is 4.79 Å². The quantitative estimate of drug-likeness (QED) is 0.359. The van der Waals surface area contributed by atoms with Crippen molar-refractivity contribution in [3.8, 4) is 0 Å². The van der Waals surface area contributed by atoms with Gasteiger partial charge in [-0.05, 0) is 61.8 Å². The predicted molar refractivity (Wildman–Crippen MR) is 134 cm³/mol. The van der Waals surface area contributed by atoms with Crippen molar-refractivity contribution >= 4 is 29.0 Å². The molecule has 1 unspecified atom stereocenters. The first kappa shape index (κ1) is 22.0. The van der Waals surface area contributed by atoms with Crippen LogP contribution in [0.1, 0.15) is 54.7 Å². The molecule has 7 heteroatoms. The number of nitrogens with two attached hydrogens (primary N) is 1. The van der Waals surface area contributed by atoms with Gasteiger partial charge < -0.3 is 16.5 Å². The summed E-state index contributed by atoms with van der Waals surface area (Å²) >= 11 is 1.66. The molecule has 1 fully saturated rings. The van der Waals surface area contributed by atoms with Crippen molar-refractivity contribution in [3.05, 3.63) is 68.7 Å². The van der Waals surface area contributed by atoms with Crippen LogP contribution in [0.4, 0.5) is 0 Å². The summed E-state index contributed by atoms with van der Waals surface area (Å²) in [5.41, 5.74) is 8.80. The van der Waals surface area contributed by atoms with E-state index in [4.69, 9.17) is 5.84 Å². The van der Waals surface area contributed by atoms with Gasteiger partial charge in [0, 0.05) is 31.0 Å². The number of carbonyl (C=O) groups is 1. The first-order valence-electron chi connectivity index (χ1n) is 11.8. The summed E-state index contributed by atoms with van der Waals surface area (Å²) in [7, 11) is 0. The van der Waals surface area contributed by atoms with Crippen LogP contribution in [0.3, 0.4) is 0 Å². The lowest BCUT2D eigenvalue weighted by molar-refractivity contribution is -0.126. The lowest BCUT2D eigenvalue weighted by Gasteiger charge is -2.29. The molecule has 5 rings (SSSR count). The maximum absolute atomic E-state index is 13.3. The van der Waals surface area contributed by atoms with Gasteiger partial charge in [-0.15, -0.1) is 11.3 Å². The Hall–Kier alpha value is -2.77. The monoisotopic (exact) mass is 461 g/mol. The standard InChI is InChI=1S/C26H31N5OS/c1-16-7-8-19(26(32)30-23-14-28-13-21(23)17-5-3-2-4-6-17)11-20(16)25(31-27)18-9-10-22-24(12-18)33-15-29-22/h2-6,12,15,19,21,23,28H,7-11,13-14,27H2,1H3,(H,30,32)/b31-25-/t19-,21?,23-/m0/s1. The number of hydrogen-bond acceptors (Lipinski definition) is 6. The summed E-state index contributed by atoms with van der Waals surface area (Å²) in [6.45, 7) is 3.85. The number of benzene rings is 1. The second-order valence-corrected chi connectivity index (χ2v) is 10.2. The lowest BCUT2D eigenvalue weighted by Crippen LogP contribution is -2.43. The van der Waals surface area contributed by atoms with Crippen molar-refractivity contribution in [3.63, 3.8) is 0 Å². The zero-order valence-corrected chi connectivity index (χ0v) is 19.8. The summed E-state index contributed by atoms with van der Waals surface area (Å²) in [5, 5.41) is 11.0. The summed E-state index contributed by atoms with van der Waals surface area (Å²) in [6, 6.07) is 10.6. The molecule has 6 nitrogen and oxygen atoms in total. The number of amides is 1. The Labute approximate surface area is 199 Å². The van der Waals surface area contributed by atoms with Crippen LogP contribution in [0, 0.1) is 5.92 Å². The fraction of sp³-hybridized carbons (Fsp3) is 0.423. The smallest absolute Gasteiger partial charge is 0.223 e. The first-order valence-corrected chi connectivity index (χ1v) is 12.7. The van der Waals surface area contributed by atoms with E-state index in [1.807, 2.05) is 11.6 Å². The average molecular weight is 462 g/mol. The van der Waals surface area contributed by atoms with Gasteiger partial charge in [-0.25, -0.2) is 4.98 Å². The van der Waals surface area contributed by atoms with E-state index in [1.54, 1.807) is 11.3 Å². The summed E-state index contributed by atoms with van der Waals surface area (Å²) in [5.74, 6) is 6.32. The Bertz CT molecular complexity index is 1120. The third kappa shape index (κ3) is 4.52. The molecule has 3 aliphatic rings. The molecule has 1 amide bonds. The van der Waals surface area contributed by atoms with Crippen molar-refractivity contribution in [1.82, 2.24) is 15.6 Å².